The van der Waals surface area contributed by atoms with E-state index in [2.05, 4.69) is 18.3 Å². The van der Waals surface area contributed by atoms with Crippen LogP contribution in [0.2, 0.25) is 5.02 Å². The Balaban J connectivity index is 1.94. The molecule has 0 spiro atoms. The Labute approximate surface area is 130 Å². The zero-order chi connectivity index (χ0) is 15.2. The first-order valence-corrected chi connectivity index (χ1v) is 7.30. The highest BCUT2D eigenvalue weighted by molar-refractivity contribution is 6.30. The number of phenolic OH excluding ortho intramolecular Hbond substituents is 1. The van der Waals surface area contributed by atoms with Crippen molar-refractivity contribution in [2.45, 2.75) is 25.9 Å². The Morgan fingerprint density at radius 3 is 2.71 bits per heavy atom. The van der Waals surface area contributed by atoms with Crippen LogP contribution in [0.1, 0.15) is 18.1 Å². The quantitative estimate of drug-likeness (QED) is 0.853. The number of hydrogen-bond acceptors (Lipinski definition) is 3. The average molecular weight is 306 g/mol. The van der Waals surface area contributed by atoms with Gasteiger partial charge >= 0.3 is 0 Å². The summed E-state index contributed by atoms with van der Waals surface area (Å²) in [6, 6.07) is 13.6. The van der Waals surface area contributed by atoms with E-state index in [0.29, 0.717) is 12.3 Å². The van der Waals surface area contributed by atoms with Crippen LogP contribution in [-0.4, -0.2) is 18.3 Å². The number of hydrogen-bond donors (Lipinski definition) is 2. The van der Waals surface area contributed by atoms with Gasteiger partial charge in [-0.2, -0.15) is 0 Å². The Hall–Kier alpha value is -1.71. The van der Waals surface area contributed by atoms with Gasteiger partial charge in [-0.1, -0.05) is 35.9 Å². The van der Waals surface area contributed by atoms with Gasteiger partial charge in [0.05, 0.1) is 7.11 Å². The Kier molecular flexibility index (Phi) is 5.48. The summed E-state index contributed by atoms with van der Waals surface area (Å²) >= 11 is 5.99. The molecule has 2 aromatic carbocycles. The maximum absolute atomic E-state index is 10.0. The molecule has 0 saturated heterocycles. The zero-order valence-corrected chi connectivity index (χ0v) is 13.0. The lowest BCUT2D eigenvalue weighted by Gasteiger charge is -2.15. The summed E-state index contributed by atoms with van der Waals surface area (Å²) in [6.45, 7) is 2.70. The zero-order valence-electron chi connectivity index (χ0n) is 12.3. The number of methoxy groups -OCH3 is 1. The second kappa shape index (κ2) is 7.34. The summed E-state index contributed by atoms with van der Waals surface area (Å²) in [7, 11) is 1.55. The molecule has 2 N–H and O–H groups in total. The van der Waals surface area contributed by atoms with Crippen LogP contribution in [-0.2, 0) is 13.0 Å². The van der Waals surface area contributed by atoms with Crippen LogP contribution in [0.15, 0.2) is 42.5 Å². The third-order valence-corrected chi connectivity index (χ3v) is 3.61. The second-order valence-electron chi connectivity index (χ2n) is 5.08. The third-order valence-electron chi connectivity index (χ3n) is 3.37. The maximum atomic E-state index is 10.0. The van der Waals surface area contributed by atoms with Gasteiger partial charge in [0, 0.05) is 23.2 Å². The highest BCUT2D eigenvalue weighted by Crippen LogP contribution is 2.29. The van der Waals surface area contributed by atoms with Crippen molar-refractivity contribution in [3.05, 3.63) is 58.6 Å². The lowest BCUT2D eigenvalue weighted by molar-refractivity contribution is 0.369. The summed E-state index contributed by atoms with van der Waals surface area (Å²) < 4.78 is 5.11. The van der Waals surface area contributed by atoms with Crippen LogP contribution in [0.25, 0.3) is 0 Å². The Morgan fingerprint density at radius 2 is 2.00 bits per heavy atom. The molecular weight excluding hydrogens is 286 g/mol. The number of nitrogens with one attached hydrogen (secondary N) is 1. The topological polar surface area (TPSA) is 41.5 Å². The molecule has 0 amide bonds. The molecule has 1 atom stereocenters. The van der Waals surface area contributed by atoms with E-state index in [9.17, 15) is 5.11 Å². The van der Waals surface area contributed by atoms with E-state index in [1.807, 2.05) is 30.3 Å². The van der Waals surface area contributed by atoms with Crippen molar-refractivity contribution >= 4 is 11.6 Å². The summed E-state index contributed by atoms with van der Waals surface area (Å²) in [5, 5.41) is 14.2. The largest absolute Gasteiger partial charge is 0.504 e. The molecule has 0 saturated carbocycles. The predicted octanol–water partition coefficient (Wildman–Crippen LogP) is 3.78. The van der Waals surface area contributed by atoms with Gasteiger partial charge < -0.3 is 15.2 Å². The van der Waals surface area contributed by atoms with Gasteiger partial charge in [0.15, 0.2) is 11.5 Å². The van der Waals surface area contributed by atoms with Crippen molar-refractivity contribution in [3.8, 4) is 11.5 Å². The normalized spacial score (nSPS) is 12.1. The average Bonchev–Trinajstić information content (AvgIpc) is 2.46. The molecular formula is C17H20ClNO2. The smallest absolute Gasteiger partial charge is 0.162 e. The van der Waals surface area contributed by atoms with Crippen LogP contribution in [0, 0.1) is 0 Å². The lowest BCUT2D eigenvalue weighted by Crippen LogP contribution is -2.27. The standard InChI is InChI=1S/C17H20ClNO2/c1-12(9-13-5-3-7-15(18)10-13)19-11-14-6-4-8-16(21-2)17(14)20/h3-8,10,12,19-20H,9,11H2,1-2H3. The molecule has 2 aromatic rings. The molecule has 112 valence electrons. The number of benzene rings is 2. The van der Waals surface area contributed by atoms with E-state index >= 15 is 0 Å². The molecule has 0 aliphatic heterocycles. The molecule has 0 fully saturated rings. The van der Waals surface area contributed by atoms with Crippen LogP contribution in [0.4, 0.5) is 0 Å². The maximum Gasteiger partial charge on any atom is 0.162 e. The molecule has 21 heavy (non-hydrogen) atoms. The molecule has 0 aliphatic rings. The van der Waals surface area contributed by atoms with Gasteiger partial charge in [0.1, 0.15) is 0 Å². The monoisotopic (exact) mass is 305 g/mol. The minimum Gasteiger partial charge on any atom is -0.504 e. The van der Waals surface area contributed by atoms with E-state index in [-0.39, 0.29) is 11.8 Å². The minimum atomic E-state index is 0.197. The molecule has 0 aromatic heterocycles. The van der Waals surface area contributed by atoms with Crippen LogP contribution in [0.5, 0.6) is 11.5 Å². The minimum absolute atomic E-state index is 0.197. The van der Waals surface area contributed by atoms with Crippen LogP contribution < -0.4 is 10.1 Å². The first-order chi connectivity index (χ1) is 10.1. The first-order valence-electron chi connectivity index (χ1n) is 6.93. The number of aromatic hydroxyl groups is 1. The van der Waals surface area contributed by atoms with Crippen molar-refractivity contribution in [2.24, 2.45) is 0 Å². The van der Waals surface area contributed by atoms with Gasteiger partial charge in [0.25, 0.3) is 0 Å². The summed E-state index contributed by atoms with van der Waals surface area (Å²) in [6.07, 6.45) is 0.880. The lowest BCUT2D eigenvalue weighted by atomic mass is 10.1. The van der Waals surface area contributed by atoms with E-state index < -0.39 is 0 Å². The molecule has 3 nitrogen and oxygen atoms in total. The molecule has 1 unspecified atom stereocenters. The van der Waals surface area contributed by atoms with E-state index in [1.54, 1.807) is 13.2 Å². The molecule has 0 aliphatic carbocycles. The number of phenols is 1. The number of ether oxygens (including phenoxy) is 1. The number of halogens is 1. The Morgan fingerprint density at radius 1 is 1.24 bits per heavy atom. The fourth-order valence-electron chi connectivity index (χ4n) is 2.25. The van der Waals surface area contributed by atoms with E-state index in [1.165, 1.54) is 5.56 Å². The van der Waals surface area contributed by atoms with Gasteiger partial charge in [-0.15, -0.1) is 0 Å². The fourth-order valence-corrected chi connectivity index (χ4v) is 2.46. The fraction of sp³-hybridized carbons (Fsp3) is 0.294. The predicted molar refractivity (Wildman–Crippen MR) is 86.1 cm³/mol. The van der Waals surface area contributed by atoms with Crippen molar-refractivity contribution in [1.82, 2.24) is 5.32 Å². The summed E-state index contributed by atoms with van der Waals surface area (Å²) in [4.78, 5) is 0. The van der Waals surface area contributed by atoms with Gasteiger partial charge in [-0.05, 0) is 37.1 Å². The molecule has 0 radical (unpaired) electrons. The van der Waals surface area contributed by atoms with Crippen molar-refractivity contribution < 1.29 is 9.84 Å². The van der Waals surface area contributed by atoms with Gasteiger partial charge in [-0.25, -0.2) is 0 Å². The molecule has 0 bridgehead atoms. The second-order valence-corrected chi connectivity index (χ2v) is 5.52. The number of rotatable bonds is 6. The molecule has 0 heterocycles. The van der Waals surface area contributed by atoms with Crippen molar-refractivity contribution in [2.75, 3.05) is 7.11 Å². The van der Waals surface area contributed by atoms with E-state index in [0.717, 1.165) is 17.0 Å². The molecule has 2 rings (SSSR count). The highest BCUT2D eigenvalue weighted by atomic mass is 35.5. The first kappa shape index (κ1) is 15.7. The van der Waals surface area contributed by atoms with E-state index in [4.69, 9.17) is 16.3 Å². The summed E-state index contributed by atoms with van der Waals surface area (Å²) in [5.74, 6) is 0.694. The third kappa shape index (κ3) is 4.38. The van der Waals surface area contributed by atoms with Crippen LogP contribution in [0.3, 0.4) is 0 Å². The summed E-state index contributed by atoms with van der Waals surface area (Å²) in [5.41, 5.74) is 2.02. The van der Waals surface area contributed by atoms with Gasteiger partial charge in [-0.3, -0.25) is 0 Å². The Bertz CT molecular complexity index is 601. The number of para-hydroxylation sites is 1. The highest BCUT2D eigenvalue weighted by Gasteiger charge is 2.09. The van der Waals surface area contributed by atoms with Crippen molar-refractivity contribution in [1.29, 1.82) is 0 Å². The molecule has 4 heteroatoms. The van der Waals surface area contributed by atoms with Crippen LogP contribution >= 0.6 is 11.6 Å². The van der Waals surface area contributed by atoms with Gasteiger partial charge in [0.2, 0.25) is 0 Å². The van der Waals surface area contributed by atoms with Crippen molar-refractivity contribution in [3.63, 3.8) is 0 Å². The SMILES string of the molecule is COc1cccc(CNC(C)Cc2cccc(Cl)c2)c1O.